The summed E-state index contributed by atoms with van der Waals surface area (Å²) in [6.07, 6.45) is 2.01. The van der Waals surface area contributed by atoms with Gasteiger partial charge in [0.05, 0.1) is 11.9 Å². The Balaban J connectivity index is 1.77. The van der Waals surface area contributed by atoms with Crippen molar-refractivity contribution in [3.8, 4) is 0 Å². The van der Waals surface area contributed by atoms with Crippen LogP contribution in [-0.4, -0.2) is 30.4 Å². The van der Waals surface area contributed by atoms with Gasteiger partial charge in [0.2, 0.25) is 10.0 Å². The van der Waals surface area contributed by atoms with Crippen molar-refractivity contribution in [2.45, 2.75) is 18.9 Å². The molecule has 120 valence electrons. The normalized spacial score (nSPS) is 13.2. The maximum Gasteiger partial charge on any atom is 0.211 e. The highest BCUT2D eigenvalue weighted by Crippen LogP contribution is 2.15. The first-order valence-corrected chi connectivity index (χ1v) is 8.94. The molecule has 1 heterocycles. The molecule has 0 fully saturated rings. The van der Waals surface area contributed by atoms with Crippen molar-refractivity contribution in [2.75, 3.05) is 12.3 Å². The Kier molecular flexibility index (Phi) is 5.76. The first-order chi connectivity index (χ1) is 10.5. The van der Waals surface area contributed by atoms with Crippen LogP contribution in [0, 0.1) is 0 Å². The van der Waals surface area contributed by atoms with Crippen LogP contribution in [0.25, 0.3) is 0 Å². The molecule has 1 atom stereocenters. The van der Waals surface area contributed by atoms with Crippen LogP contribution < -0.4 is 4.72 Å². The summed E-state index contributed by atoms with van der Waals surface area (Å²) in [5.74, 6) is 0.0528. The maximum absolute atomic E-state index is 11.9. The van der Waals surface area contributed by atoms with Gasteiger partial charge in [0.15, 0.2) is 0 Å². The van der Waals surface area contributed by atoms with Crippen LogP contribution in [0.3, 0.4) is 0 Å². The number of aliphatic hydroxyl groups is 1. The van der Waals surface area contributed by atoms with Gasteiger partial charge >= 0.3 is 0 Å². The van der Waals surface area contributed by atoms with E-state index in [4.69, 9.17) is 0 Å². The van der Waals surface area contributed by atoms with E-state index in [1.807, 2.05) is 60.3 Å². The fraction of sp³-hybridized carbons (Fsp3) is 0.375. The van der Waals surface area contributed by atoms with Crippen molar-refractivity contribution in [2.24, 2.45) is 7.05 Å². The molecule has 0 bridgehead atoms. The molecule has 2 rings (SSSR count). The molecule has 2 aromatic rings. The summed E-state index contributed by atoms with van der Waals surface area (Å²) in [4.78, 5) is 0. The number of hydrogen-bond donors (Lipinski definition) is 2. The van der Waals surface area contributed by atoms with Crippen LogP contribution in [0.1, 0.15) is 23.8 Å². The molecule has 0 amide bonds. The number of hydrogen-bond acceptors (Lipinski definition) is 3. The van der Waals surface area contributed by atoms with Crippen LogP contribution in [0.5, 0.6) is 0 Å². The summed E-state index contributed by atoms with van der Waals surface area (Å²) in [5.41, 5.74) is 1.78. The quantitative estimate of drug-likeness (QED) is 0.776. The first-order valence-electron chi connectivity index (χ1n) is 7.28. The van der Waals surface area contributed by atoms with Gasteiger partial charge in [-0.15, -0.1) is 0 Å². The highest BCUT2D eigenvalue weighted by Gasteiger charge is 2.14. The molecule has 0 aliphatic carbocycles. The van der Waals surface area contributed by atoms with Gasteiger partial charge in [0.25, 0.3) is 0 Å². The third-order valence-electron chi connectivity index (χ3n) is 3.57. The number of nitrogens with zero attached hydrogens (tertiary/aromatic N) is 1. The van der Waals surface area contributed by atoms with Crippen molar-refractivity contribution in [1.29, 1.82) is 0 Å². The molecule has 0 spiro atoms. The van der Waals surface area contributed by atoms with Crippen LogP contribution >= 0.6 is 0 Å². The molecule has 0 aliphatic rings. The third kappa shape index (κ3) is 4.98. The Bertz CT molecular complexity index is 680. The molecular weight excluding hydrogens is 300 g/mol. The monoisotopic (exact) mass is 322 g/mol. The van der Waals surface area contributed by atoms with Crippen molar-refractivity contribution in [3.05, 3.63) is 59.9 Å². The van der Waals surface area contributed by atoms with Gasteiger partial charge in [0.1, 0.15) is 0 Å². The largest absolute Gasteiger partial charge is 0.387 e. The minimum absolute atomic E-state index is 0.0528. The lowest BCUT2D eigenvalue weighted by Gasteiger charge is -2.12. The SMILES string of the molecule is Cn1cccc1[C@H](O)CCNS(=O)(=O)CCc1ccccc1. The number of aromatic nitrogens is 1. The van der Waals surface area contributed by atoms with Crippen LogP contribution in [0.4, 0.5) is 0 Å². The highest BCUT2D eigenvalue weighted by atomic mass is 32.2. The molecule has 0 saturated heterocycles. The molecule has 2 N–H and O–H groups in total. The van der Waals surface area contributed by atoms with Gasteiger partial charge in [-0.25, -0.2) is 13.1 Å². The summed E-state index contributed by atoms with van der Waals surface area (Å²) >= 11 is 0. The standard InChI is InChI=1S/C16H22N2O3S/c1-18-12-5-8-15(18)16(19)9-11-17-22(20,21)13-10-14-6-3-2-4-7-14/h2-8,12,16-17,19H,9-11,13H2,1H3/t16-/m1/s1. The number of rotatable bonds is 8. The summed E-state index contributed by atoms with van der Waals surface area (Å²) in [7, 11) is -1.47. The smallest absolute Gasteiger partial charge is 0.211 e. The fourth-order valence-electron chi connectivity index (χ4n) is 2.29. The molecular formula is C16H22N2O3S. The molecule has 0 unspecified atom stereocenters. The predicted molar refractivity (Wildman–Crippen MR) is 86.9 cm³/mol. The molecule has 6 heteroatoms. The number of aliphatic hydroxyl groups excluding tert-OH is 1. The van der Waals surface area contributed by atoms with E-state index in [2.05, 4.69) is 4.72 Å². The van der Waals surface area contributed by atoms with Crippen molar-refractivity contribution < 1.29 is 13.5 Å². The maximum atomic E-state index is 11.9. The van der Waals surface area contributed by atoms with Gasteiger partial charge in [0, 0.05) is 25.5 Å². The van der Waals surface area contributed by atoms with Crippen LogP contribution in [0.2, 0.25) is 0 Å². The molecule has 0 aliphatic heterocycles. The van der Waals surface area contributed by atoms with Gasteiger partial charge in [-0.2, -0.15) is 0 Å². The van der Waals surface area contributed by atoms with E-state index >= 15 is 0 Å². The summed E-state index contributed by atoms with van der Waals surface area (Å²) in [6, 6.07) is 13.2. The van der Waals surface area contributed by atoms with E-state index in [9.17, 15) is 13.5 Å². The Morgan fingerprint density at radius 2 is 1.91 bits per heavy atom. The second-order valence-corrected chi connectivity index (χ2v) is 7.22. The highest BCUT2D eigenvalue weighted by molar-refractivity contribution is 7.89. The topological polar surface area (TPSA) is 71.3 Å². The number of benzene rings is 1. The number of aryl methyl sites for hydroxylation is 2. The van der Waals surface area contributed by atoms with Gasteiger partial charge in [-0.05, 0) is 30.5 Å². The Morgan fingerprint density at radius 1 is 1.18 bits per heavy atom. The molecule has 0 saturated carbocycles. The van der Waals surface area contributed by atoms with Gasteiger partial charge in [-0.1, -0.05) is 30.3 Å². The minimum Gasteiger partial charge on any atom is -0.387 e. The molecule has 1 aromatic carbocycles. The van der Waals surface area contributed by atoms with Crippen molar-refractivity contribution in [1.82, 2.24) is 9.29 Å². The van der Waals surface area contributed by atoms with E-state index < -0.39 is 16.1 Å². The average molecular weight is 322 g/mol. The lowest BCUT2D eigenvalue weighted by molar-refractivity contribution is 0.161. The van der Waals surface area contributed by atoms with Crippen molar-refractivity contribution >= 4 is 10.0 Å². The van der Waals surface area contributed by atoms with Gasteiger partial charge < -0.3 is 9.67 Å². The molecule has 1 aromatic heterocycles. The van der Waals surface area contributed by atoms with E-state index in [1.165, 1.54) is 0 Å². The zero-order chi connectivity index (χ0) is 16.0. The average Bonchev–Trinajstić information content (AvgIpc) is 2.92. The number of sulfonamides is 1. The van der Waals surface area contributed by atoms with Gasteiger partial charge in [-0.3, -0.25) is 0 Å². The summed E-state index contributed by atoms with van der Waals surface area (Å²) in [6.45, 7) is 0.226. The van der Waals surface area contributed by atoms with E-state index in [0.29, 0.717) is 12.8 Å². The van der Waals surface area contributed by atoms with Crippen LogP contribution in [-0.2, 0) is 23.5 Å². The Hall–Kier alpha value is -1.63. The second-order valence-electron chi connectivity index (χ2n) is 5.30. The van der Waals surface area contributed by atoms with E-state index in [-0.39, 0.29) is 12.3 Å². The van der Waals surface area contributed by atoms with E-state index in [1.54, 1.807) is 0 Å². The molecule has 22 heavy (non-hydrogen) atoms. The summed E-state index contributed by atoms with van der Waals surface area (Å²) in [5, 5.41) is 10.0. The first kappa shape index (κ1) is 16.7. The number of nitrogens with one attached hydrogen (secondary N) is 1. The van der Waals surface area contributed by atoms with Crippen LogP contribution in [0.15, 0.2) is 48.7 Å². The molecule has 0 radical (unpaired) electrons. The van der Waals surface area contributed by atoms with Crippen molar-refractivity contribution in [3.63, 3.8) is 0 Å². The lowest BCUT2D eigenvalue weighted by atomic mass is 10.2. The lowest BCUT2D eigenvalue weighted by Crippen LogP contribution is -2.29. The molecule has 5 nitrogen and oxygen atoms in total. The Labute approximate surface area is 131 Å². The third-order valence-corrected chi connectivity index (χ3v) is 4.95. The zero-order valence-electron chi connectivity index (χ0n) is 12.6. The Morgan fingerprint density at radius 3 is 2.55 bits per heavy atom. The van der Waals surface area contributed by atoms with E-state index in [0.717, 1.165) is 11.3 Å². The fourth-order valence-corrected chi connectivity index (χ4v) is 3.37. The second kappa shape index (κ2) is 7.58. The summed E-state index contributed by atoms with van der Waals surface area (Å²) < 4.78 is 28.3. The zero-order valence-corrected chi connectivity index (χ0v) is 13.5. The predicted octanol–water partition coefficient (Wildman–Crippen LogP) is 1.61. The minimum atomic E-state index is -3.32.